The van der Waals surface area contributed by atoms with Crippen LogP contribution in [0.2, 0.25) is 0 Å². The van der Waals surface area contributed by atoms with Gasteiger partial charge < -0.3 is 25.2 Å². The molecule has 8 heteroatoms. The molecule has 0 aliphatic heterocycles. The van der Waals surface area contributed by atoms with Crippen molar-refractivity contribution in [2.24, 2.45) is 10.8 Å². The highest BCUT2D eigenvalue weighted by molar-refractivity contribution is 5.98. The Kier molecular flexibility index (Phi) is 9.75. The smallest absolute Gasteiger partial charge is 0.316 e. The predicted molar refractivity (Wildman–Crippen MR) is 122 cm³/mol. The first-order valence-corrected chi connectivity index (χ1v) is 10.7. The number of ether oxygens (including phenoxy) is 2. The van der Waals surface area contributed by atoms with E-state index in [4.69, 9.17) is 9.47 Å². The highest BCUT2D eigenvalue weighted by Crippen LogP contribution is 2.25. The molecule has 0 aliphatic rings. The van der Waals surface area contributed by atoms with Gasteiger partial charge in [-0.1, -0.05) is 33.8 Å². The largest absolute Gasteiger partial charge is 0.495 e. The van der Waals surface area contributed by atoms with Gasteiger partial charge in [0.2, 0.25) is 0 Å². The molecule has 3 N–H and O–H groups in total. The minimum Gasteiger partial charge on any atom is -0.495 e. The Morgan fingerprint density at radius 1 is 1.03 bits per heavy atom. The van der Waals surface area contributed by atoms with E-state index in [0.717, 1.165) is 0 Å². The van der Waals surface area contributed by atoms with Crippen molar-refractivity contribution in [3.05, 3.63) is 41.3 Å². The monoisotopic (exact) mass is 448 g/mol. The van der Waals surface area contributed by atoms with Crippen LogP contribution in [0.3, 0.4) is 0 Å². The zero-order valence-electron chi connectivity index (χ0n) is 20.1. The molecule has 0 bridgehead atoms. The molecule has 0 radical (unpaired) electrons. The maximum Gasteiger partial charge on any atom is 0.316 e. The highest BCUT2D eigenvalue weighted by Gasteiger charge is 2.26. The van der Waals surface area contributed by atoms with Crippen molar-refractivity contribution in [2.75, 3.05) is 13.1 Å². The molecule has 178 valence electrons. The maximum atomic E-state index is 12.8. The fraction of sp³-hybridized carbons (Fsp3) is 0.542. The molecule has 0 aliphatic carbocycles. The maximum absolute atomic E-state index is 12.8. The lowest BCUT2D eigenvalue weighted by Gasteiger charge is -2.18. The molecular formula is C24H36N2O6. The van der Waals surface area contributed by atoms with Crippen LogP contribution >= 0.6 is 0 Å². The first-order chi connectivity index (χ1) is 14.7. The molecule has 0 spiro atoms. The van der Waals surface area contributed by atoms with Gasteiger partial charge in [0, 0.05) is 19.5 Å². The van der Waals surface area contributed by atoms with Gasteiger partial charge in [-0.25, -0.2) is 0 Å². The lowest BCUT2D eigenvalue weighted by atomic mass is 9.97. The molecule has 1 rings (SSSR count). The number of hydrogen-bond donors (Lipinski definition) is 3. The van der Waals surface area contributed by atoms with Gasteiger partial charge in [-0.2, -0.15) is 0 Å². The summed E-state index contributed by atoms with van der Waals surface area (Å²) in [5.41, 5.74) is -0.184. The summed E-state index contributed by atoms with van der Waals surface area (Å²) in [6, 6.07) is 4.69. The Labute approximate surface area is 190 Å². The third kappa shape index (κ3) is 9.85. The molecule has 0 atom stereocenters. The quantitative estimate of drug-likeness (QED) is 0.227. The summed E-state index contributed by atoms with van der Waals surface area (Å²) in [6.07, 6.45) is 1.93. The first-order valence-electron chi connectivity index (χ1n) is 10.7. The molecular weight excluding hydrogens is 412 g/mol. The normalized spacial score (nSPS) is 12.2. The summed E-state index contributed by atoms with van der Waals surface area (Å²) in [7, 11) is 0. The Morgan fingerprint density at radius 3 is 2.22 bits per heavy atom. The number of esters is 2. The molecule has 0 saturated carbocycles. The Balaban J connectivity index is 2.93. The van der Waals surface area contributed by atoms with Gasteiger partial charge in [0.1, 0.15) is 12.4 Å². The molecule has 8 nitrogen and oxygen atoms in total. The van der Waals surface area contributed by atoms with Gasteiger partial charge in [-0.05, 0) is 50.0 Å². The van der Waals surface area contributed by atoms with Crippen LogP contribution in [0.4, 0.5) is 0 Å². The zero-order chi connectivity index (χ0) is 24.5. The van der Waals surface area contributed by atoms with E-state index in [-0.39, 0.29) is 48.2 Å². The summed E-state index contributed by atoms with van der Waals surface area (Å²) in [6.45, 7) is 13.3. The molecule has 0 saturated heterocycles. The third-order valence-electron chi connectivity index (χ3n) is 4.08. The molecule has 0 aromatic heterocycles. The molecule has 1 aromatic rings. The second-order valence-electron chi connectivity index (χ2n) is 9.56. The van der Waals surface area contributed by atoms with Gasteiger partial charge >= 0.3 is 11.9 Å². The van der Waals surface area contributed by atoms with Crippen LogP contribution in [0.5, 0.6) is 5.75 Å². The van der Waals surface area contributed by atoms with E-state index in [1.54, 1.807) is 39.8 Å². The van der Waals surface area contributed by atoms with Crippen molar-refractivity contribution in [3.63, 3.8) is 0 Å². The number of aliphatic hydroxyl groups excluding tert-OH is 1. The van der Waals surface area contributed by atoms with Crippen molar-refractivity contribution in [1.29, 1.82) is 0 Å². The van der Waals surface area contributed by atoms with Gasteiger partial charge in [-0.3, -0.25) is 14.4 Å². The number of amides is 1. The average molecular weight is 449 g/mol. The van der Waals surface area contributed by atoms with Gasteiger partial charge in [-0.15, -0.1) is 0 Å². The number of carbonyl (C=O) groups is 3. The summed E-state index contributed by atoms with van der Waals surface area (Å²) < 4.78 is 10.6. The Morgan fingerprint density at radius 2 is 1.66 bits per heavy atom. The molecule has 0 fully saturated rings. The number of hydrogen-bond acceptors (Lipinski definition) is 7. The number of benzene rings is 1. The second kappa shape index (κ2) is 11.5. The minimum absolute atomic E-state index is 0.00742. The highest BCUT2D eigenvalue weighted by atomic mass is 16.5. The van der Waals surface area contributed by atoms with E-state index in [9.17, 15) is 19.5 Å². The standard InChI is InChI=1S/C24H36N2O6/c1-8-20(28)31-15-16-9-10-18(32-22(30)24(5,6)7)17(13-16)21(29)26-12-11-25-19(27)14-23(2,3)4/h9-10,13-14,25,27H,8,11-12,15H2,1-7H3,(H,26,29). The fourth-order valence-corrected chi connectivity index (χ4v) is 2.38. The van der Waals surface area contributed by atoms with E-state index in [1.807, 2.05) is 20.8 Å². The van der Waals surface area contributed by atoms with Crippen LogP contribution in [0, 0.1) is 10.8 Å². The lowest BCUT2D eigenvalue weighted by Crippen LogP contribution is -2.33. The molecule has 0 heterocycles. The van der Waals surface area contributed by atoms with Crippen LogP contribution in [-0.2, 0) is 20.9 Å². The molecule has 0 unspecified atom stereocenters. The van der Waals surface area contributed by atoms with Crippen molar-refractivity contribution < 1.29 is 29.0 Å². The number of nitrogens with one attached hydrogen (secondary N) is 2. The topological polar surface area (TPSA) is 114 Å². The Hall–Kier alpha value is -3.03. The average Bonchev–Trinajstić information content (AvgIpc) is 2.67. The van der Waals surface area contributed by atoms with E-state index in [0.29, 0.717) is 12.1 Å². The number of allylic oxidation sites excluding steroid dienone is 1. The van der Waals surface area contributed by atoms with Crippen molar-refractivity contribution in [1.82, 2.24) is 10.6 Å². The fourth-order valence-electron chi connectivity index (χ4n) is 2.38. The Bertz CT molecular complexity index is 847. The number of aliphatic hydroxyl groups is 1. The van der Waals surface area contributed by atoms with E-state index >= 15 is 0 Å². The van der Waals surface area contributed by atoms with Gasteiger partial charge in [0.25, 0.3) is 5.91 Å². The molecule has 32 heavy (non-hydrogen) atoms. The summed E-state index contributed by atoms with van der Waals surface area (Å²) in [5.74, 6) is -1.13. The number of rotatable bonds is 9. The first kappa shape index (κ1) is 27.0. The third-order valence-corrected chi connectivity index (χ3v) is 4.08. The summed E-state index contributed by atoms with van der Waals surface area (Å²) >= 11 is 0. The molecule has 1 amide bonds. The summed E-state index contributed by atoms with van der Waals surface area (Å²) in [4.78, 5) is 36.6. The van der Waals surface area contributed by atoms with E-state index < -0.39 is 17.3 Å². The van der Waals surface area contributed by atoms with Crippen molar-refractivity contribution in [3.8, 4) is 5.75 Å². The van der Waals surface area contributed by atoms with Crippen LogP contribution < -0.4 is 15.4 Å². The molecule has 1 aromatic carbocycles. The summed E-state index contributed by atoms with van der Waals surface area (Å²) in [5, 5.41) is 15.4. The number of carbonyl (C=O) groups excluding carboxylic acids is 3. The van der Waals surface area contributed by atoms with E-state index in [2.05, 4.69) is 10.6 Å². The van der Waals surface area contributed by atoms with Crippen LogP contribution in [0.1, 0.15) is 70.8 Å². The zero-order valence-corrected chi connectivity index (χ0v) is 20.1. The second-order valence-corrected chi connectivity index (χ2v) is 9.56. The predicted octanol–water partition coefficient (Wildman–Crippen LogP) is 3.86. The van der Waals surface area contributed by atoms with Crippen molar-refractivity contribution in [2.45, 2.75) is 61.5 Å². The van der Waals surface area contributed by atoms with E-state index in [1.165, 1.54) is 12.1 Å². The van der Waals surface area contributed by atoms with Crippen LogP contribution in [0.15, 0.2) is 30.2 Å². The van der Waals surface area contributed by atoms with Crippen molar-refractivity contribution >= 4 is 17.8 Å². The van der Waals surface area contributed by atoms with Crippen LogP contribution in [0.25, 0.3) is 0 Å². The lowest BCUT2D eigenvalue weighted by molar-refractivity contribution is -0.144. The van der Waals surface area contributed by atoms with Gasteiger partial charge in [0.05, 0.1) is 11.0 Å². The van der Waals surface area contributed by atoms with Crippen LogP contribution in [-0.4, -0.2) is 36.0 Å². The minimum atomic E-state index is -0.746. The van der Waals surface area contributed by atoms with Gasteiger partial charge in [0.15, 0.2) is 5.88 Å². The SMILES string of the molecule is CCC(=O)OCc1ccc(OC(=O)C(C)(C)C)c(C(=O)NCCNC(O)=CC(C)(C)C)c1.